The van der Waals surface area contributed by atoms with Gasteiger partial charge in [-0.05, 0) is 42.7 Å². The van der Waals surface area contributed by atoms with Gasteiger partial charge in [0.05, 0.1) is 17.8 Å². The lowest BCUT2D eigenvalue weighted by Gasteiger charge is -2.32. The van der Waals surface area contributed by atoms with E-state index in [2.05, 4.69) is 17.3 Å². The van der Waals surface area contributed by atoms with Crippen molar-refractivity contribution in [1.29, 1.82) is 0 Å². The number of hydrogen-bond donors (Lipinski definition) is 1. The maximum Gasteiger partial charge on any atom is 0.416 e. The molecule has 2 aliphatic rings. The highest BCUT2D eigenvalue weighted by molar-refractivity contribution is 6.30. The Morgan fingerprint density at radius 3 is 2.71 bits per heavy atom. The van der Waals surface area contributed by atoms with Crippen LogP contribution in [-0.2, 0) is 30.6 Å². The van der Waals surface area contributed by atoms with Gasteiger partial charge in [0.1, 0.15) is 6.61 Å². The van der Waals surface area contributed by atoms with Gasteiger partial charge in [-0.1, -0.05) is 18.5 Å². The Hall–Kier alpha value is -2.79. The van der Waals surface area contributed by atoms with Crippen molar-refractivity contribution >= 4 is 23.6 Å². The van der Waals surface area contributed by atoms with Crippen LogP contribution in [0.5, 0.6) is 0 Å². The van der Waals surface area contributed by atoms with E-state index < -0.39 is 17.8 Å². The highest BCUT2D eigenvalue weighted by Gasteiger charge is 2.31. The van der Waals surface area contributed by atoms with Crippen molar-refractivity contribution in [2.45, 2.75) is 51.7 Å². The van der Waals surface area contributed by atoms with Gasteiger partial charge in [0.15, 0.2) is 5.69 Å². The smallest absolute Gasteiger partial charge is 0.416 e. The molecule has 2 aromatic rings. The second kappa shape index (κ2) is 10.4. The van der Waals surface area contributed by atoms with Crippen molar-refractivity contribution in [3.63, 3.8) is 0 Å². The molecule has 1 unspecified atom stereocenters. The SMILES string of the molecule is CCC1CN(C(=O)c2cc3n(n2)CCCN(C(=O)OCc2cc(Cl)cc(C(F)(F)F)c2)C3)CCN1. The number of nitrogens with one attached hydrogen (secondary N) is 1. The zero-order chi connectivity index (χ0) is 25.2. The second-order valence-electron chi connectivity index (χ2n) is 8.73. The van der Waals surface area contributed by atoms with Gasteiger partial charge in [0, 0.05) is 43.8 Å². The largest absolute Gasteiger partial charge is 0.445 e. The number of benzene rings is 1. The summed E-state index contributed by atoms with van der Waals surface area (Å²) in [5.41, 5.74) is 0.284. The van der Waals surface area contributed by atoms with Gasteiger partial charge in [0.25, 0.3) is 5.91 Å². The fourth-order valence-electron chi connectivity index (χ4n) is 4.30. The minimum Gasteiger partial charge on any atom is -0.445 e. The van der Waals surface area contributed by atoms with Crippen LogP contribution in [0.3, 0.4) is 0 Å². The summed E-state index contributed by atoms with van der Waals surface area (Å²) in [6.45, 7) is 4.80. The number of amides is 2. The van der Waals surface area contributed by atoms with Crippen LogP contribution in [0.15, 0.2) is 24.3 Å². The number of hydrogen-bond acceptors (Lipinski definition) is 5. The summed E-state index contributed by atoms with van der Waals surface area (Å²) in [6.07, 6.45) is -3.69. The molecule has 0 saturated carbocycles. The van der Waals surface area contributed by atoms with E-state index in [1.165, 1.54) is 11.0 Å². The maximum absolute atomic E-state index is 13.0. The number of piperazine rings is 1. The number of aromatic nitrogens is 2. The normalized spacial score (nSPS) is 18.7. The molecule has 1 atom stereocenters. The minimum atomic E-state index is -4.55. The van der Waals surface area contributed by atoms with E-state index in [0.717, 1.165) is 25.1 Å². The first-order valence-electron chi connectivity index (χ1n) is 11.5. The third-order valence-electron chi connectivity index (χ3n) is 6.17. The predicted molar refractivity (Wildman–Crippen MR) is 122 cm³/mol. The molecule has 1 fully saturated rings. The number of carbonyl (C=O) groups excluding carboxylic acids is 2. The summed E-state index contributed by atoms with van der Waals surface area (Å²) in [4.78, 5) is 28.9. The molecule has 1 aromatic carbocycles. The van der Waals surface area contributed by atoms with E-state index in [1.807, 2.05) is 0 Å². The fraction of sp³-hybridized carbons (Fsp3) is 0.522. The van der Waals surface area contributed by atoms with Crippen LogP contribution < -0.4 is 5.32 Å². The van der Waals surface area contributed by atoms with E-state index in [9.17, 15) is 22.8 Å². The standard InChI is InChI=1S/C23H27ClF3N5O3/c1-2-18-12-30(7-4-28-18)21(33)20-11-19-13-31(5-3-6-32(19)29-20)22(34)35-14-15-8-16(23(25,26)27)10-17(24)9-15/h8-11,18,28H,2-7,12-14H2,1H3. The van der Waals surface area contributed by atoms with Crippen molar-refractivity contribution in [3.8, 4) is 0 Å². The Morgan fingerprint density at radius 1 is 1.17 bits per heavy atom. The Balaban J connectivity index is 1.40. The summed E-state index contributed by atoms with van der Waals surface area (Å²) in [7, 11) is 0. The van der Waals surface area contributed by atoms with Crippen molar-refractivity contribution in [2.75, 3.05) is 26.2 Å². The molecule has 4 rings (SSSR count). The van der Waals surface area contributed by atoms with E-state index in [1.54, 1.807) is 15.6 Å². The molecular weight excluding hydrogens is 487 g/mol. The average Bonchev–Trinajstić information content (AvgIpc) is 3.12. The lowest BCUT2D eigenvalue weighted by molar-refractivity contribution is -0.137. The molecule has 0 radical (unpaired) electrons. The number of fused-ring (bicyclic) bond motifs is 1. The number of rotatable bonds is 4. The van der Waals surface area contributed by atoms with Gasteiger partial charge in [-0.15, -0.1) is 0 Å². The topological polar surface area (TPSA) is 79.7 Å². The molecule has 0 spiro atoms. The first-order valence-corrected chi connectivity index (χ1v) is 11.9. The van der Waals surface area contributed by atoms with Crippen LogP contribution in [0.4, 0.5) is 18.0 Å². The second-order valence-corrected chi connectivity index (χ2v) is 9.17. The molecule has 2 amide bonds. The first kappa shape index (κ1) is 25.3. The zero-order valence-corrected chi connectivity index (χ0v) is 20.0. The quantitative estimate of drug-likeness (QED) is 0.670. The van der Waals surface area contributed by atoms with Crippen LogP contribution in [-0.4, -0.2) is 63.8 Å². The molecule has 12 heteroatoms. The van der Waals surface area contributed by atoms with Crippen LogP contribution >= 0.6 is 11.6 Å². The molecule has 1 N–H and O–H groups in total. The zero-order valence-electron chi connectivity index (χ0n) is 19.3. The monoisotopic (exact) mass is 513 g/mol. The number of ether oxygens (including phenoxy) is 1. The van der Waals surface area contributed by atoms with Gasteiger partial charge in [-0.2, -0.15) is 18.3 Å². The Bertz CT molecular complexity index is 1090. The average molecular weight is 514 g/mol. The van der Waals surface area contributed by atoms with E-state index >= 15 is 0 Å². The molecule has 3 heterocycles. The number of alkyl halides is 3. The third kappa shape index (κ3) is 6.07. The lowest BCUT2D eigenvalue weighted by Crippen LogP contribution is -2.52. The molecule has 1 saturated heterocycles. The summed E-state index contributed by atoms with van der Waals surface area (Å²) in [5.74, 6) is -0.138. The first-order chi connectivity index (χ1) is 16.6. The van der Waals surface area contributed by atoms with Crippen molar-refractivity contribution in [1.82, 2.24) is 24.9 Å². The number of carbonyl (C=O) groups is 2. The van der Waals surface area contributed by atoms with E-state index in [4.69, 9.17) is 16.3 Å². The maximum atomic E-state index is 13.0. The van der Waals surface area contributed by atoms with Gasteiger partial charge in [-0.3, -0.25) is 9.48 Å². The Morgan fingerprint density at radius 2 is 1.97 bits per heavy atom. The number of aryl methyl sites for hydroxylation is 1. The third-order valence-corrected chi connectivity index (χ3v) is 6.39. The minimum absolute atomic E-state index is 0.0866. The van der Waals surface area contributed by atoms with Crippen LogP contribution in [0.25, 0.3) is 0 Å². The molecule has 1 aromatic heterocycles. The summed E-state index contributed by atoms with van der Waals surface area (Å²) >= 11 is 5.80. The molecule has 0 aliphatic carbocycles. The van der Waals surface area contributed by atoms with Gasteiger partial charge in [-0.25, -0.2) is 4.79 Å². The summed E-state index contributed by atoms with van der Waals surface area (Å²) < 4.78 is 46.1. The predicted octanol–water partition coefficient (Wildman–Crippen LogP) is 3.92. The highest BCUT2D eigenvalue weighted by atomic mass is 35.5. The summed E-state index contributed by atoms with van der Waals surface area (Å²) in [6, 6.07) is 5.02. The van der Waals surface area contributed by atoms with E-state index in [0.29, 0.717) is 44.0 Å². The van der Waals surface area contributed by atoms with Crippen molar-refractivity contribution in [3.05, 3.63) is 51.8 Å². The van der Waals surface area contributed by atoms with Crippen molar-refractivity contribution < 1.29 is 27.5 Å². The van der Waals surface area contributed by atoms with Crippen LogP contribution in [0.2, 0.25) is 5.02 Å². The number of nitrogens with zero attached hydrogens (tertiary/aromatic N) is 4. The van der Waals surface area contributed by atoms with Gasteiger partial charge >= 0.3 is 12.3 Å². The molecule has 35 heavy (non-hydrogen) atoms. The Kier molecular flexibility index (Phi) is 7.56. The van der Waals surface area contributed by atoms with E-state index in [-0.39, 0.29) is 35.7 Å². The van der Waals surface area contributed by atoms with Crippen LogP contribution in [0.1, 0.15) is 47.1 Å². The van der Waals surface area contributed by atoms with Crippen LogP contribution in [0, 0.1) is 0 Å². The molecule has 8 nitrogen and oxygen atoms in total. The van der Waals surface area contributed by atoms with Crippen molar-refractivity contribution in [2.24, 2.45) is 0 Å². The lowest BCUT2D eigenvalue weighted by atomic mass is 10.1. The molecular formula is C23H27ClF3N5O3. The van der Waals surface area contributed by atoms with Gasteiger partial charge in [0.2, 0.25) is 0 Å². The fourth-order valence-corrected chi connectivity index (χ4v) is 4.56. The molecule has 190 valence electrons. The molecule has 0 bridgehead atoms. The molecule has 2 aliphatic heterocycles. The summed E-state index contributed by atoms with van der Waals surface area (Å²) in [5, 5.41) is 7.76. The van der Waals surface area contributed by atoms with Gasteiger partial charge < -0.3 is 19.9 Å². The number of halogens is 4. The highest BCUT2D eigenvalue weighted by Crippen LogP contribution is 2.32. The Labute approximate surface area is 205 Å².